The fourth-order valence-electron chi connectivity index (χ4n) is 3.93. The third-order valence-electron chi connectivity index (χ3n) is 5.42. The number of ether oxygens (including phenoxy) is 1. The quantitative estimate of drug-likeness (QED) is 0.699. The summed E-state index contributed by atoms with van der Waals surface area (Å²) in [6, 6.07) is 11.7. The number of hydrogen-bond acceptors (Lipinski definition) is 6. The second kappa shape index (κ2) is 7.16. The van der Waals surface area contributed by atoms with Gasteiger partial charge >= 0.3 is 0 Å². The van der Waals surface area contributed by atoms with Gasteiger partial charge in [-0.3, -0.25) is 9.78 Å². The number of amides is 1. The molecule has 7 nitrogen and oxygen atoms in total. The van der Waals surface area contributed by atoms with Crippen LogP contribution in [0.3, 0.4) is 0 Å². The van der Waals surface area contributed by atoms with Gasteiger partial charge < -0.3 is 14.1 Å². The van der Waals surface area contributed by atoms with Crippen molar-refractivity contribution in [2.75, 3.05) is 19.7 Å². The van der Waals surface area contributed by atoms with Crippen LogP contribution in [0, 0.1) is 0 Å². The Morgan fingerprint density at radius 2 is 2.07 bits per heavy atom. The van der Waals surface area contributed by atoms with E-state index < -0.39 is 6.10 Å². The average molecular weight is 376 g/mol. The molecule has 0 saturated carbocycles. The van der Waals surface area contributed by atoms with Crippen LogP contribution in [0.15, 0.2) is 53.2 Å². The van der Waals surface area contributed by atoms with Crippen molar-refractivity contribution >= 4 is 5.91 Å². The van der Waals surface area contributed by atoms with Gasteiger partial charge in [0, 0.05) is 25.5 Å². The molecule has 0 aliphatic carbocycles. The molecule has 142 valence electrons. The van der Waals surface area contributed by atoms with Gasteiger partial charge in [0.15, 0.2) is 6.10 Å². The van der Waals surface area contributed by atoms with E-state index in [-0.39, 0.29) is 11.8 Å². The van der Waals surface area contributed by atoms with E-state index in [0.29, 0.717) is 31.5 Å². The summed E-state index contributed by atoms with van der Waals surface area (Å²) in [7, 11) is 0. The van der Waals surface area contributed by atoms with E-state index in [0.717, 1.165) is 24.0 Å². The van der Waals surface area contributed by atoms with Crippen molar-refractivity contribution in [3.8, 4) is 11.5 Å². The van der Waals surface area contributed by atoms with E-state index >= 15 is 0 Å². The predicted octanol–water partition coefficient (Wildman–Crippen LogP) is 2.76. The molecule has 28 heavy (non-hydrogen) atoms. The smallest absolute Gasteiger partial charge is 0.256 e. The van der Waals surface area contributed by atoms with Gasteiger partial charge in [-0.05, 0) is 36.1 Å². The maximum atomic E-state index is 13.1. The molecule has 0 unspecified atom stereocenters. The molecule has 4 heterocycles. The molecule has 2 aliphatic rings. The van der Waals surface area contributed by atoms with Crippen LogP contribution in [0.25, 0.3) is 11.5 Å². The Balaban J connectivity index is 1.30. The molecular weight excluding hydrogens is 356 g/mol. The Morgan fingerprint density at radius 1 is 1.14 bits per heavy atom. The minimum atomic E-state index is -0.516. The Kier molecular flexibility index (Phi) is 4.37. The molecule has 0 N–H and O–H groups in total. The van der Waals surface area contributed by atoms with Crippen LogP contribution < -0.4 is 0 Å². The van der Waals surface area contributed by atoms with Gasteiger partial charge in [-0.2, -0.15) is 0 Å². The summed E-state index contributed by atoms with van der Waals surface area (Å²) in [4.78, 5) is 19.0. The minimum Gasteiger partial charge on any atom is -0.420 e. The number of pyridine rings is 1. The van der Waals surface area contributed by atoms with E-state index in [1.54, 1.807) is 12.4 Å². The topological polar surface area (TPSA) is 81.4 Å². The second-order valence-corrected chi connectivity index (χ2v) is 7.16. The first-order valence-electron chi connectivity index (χ1n) is 9.51. The predicted molar refractivity (Wildman–Crippen MR) is 100 cm³/mol. The van der Waals surface area contributed by atoms with Crippen LogP contribution in [-0.2, 0) is 16.0 Å². The number of hydrogen-bond donors (Lipinski definition) is 0. The van der Waals surface area contributed by atoms with Gasteiger partial charge in [-0.15, -0.1) is 10.2 Å². The van der Waals surface area contributed by atoms with Crippen LogP contribution in [-0.4, -0.2) is 45.7 Å². The van der Waals surface area contributed by atoms with Crippen molar-refractivity contribution in [1.29, 1.82) is 0 Å². The Bertz CT molecular complexity index is 988. The molecular formula is C21H20N4O3. The van der Waals surface area contributed by atoms with Crippen LogP contribution in [0.1, 0.15) is 35.5 Å². The van der Waals surface area contributed by atoms with Crippen LogP contribution in [0.4, 0.5) is 0 Å². The van der Waals surface area contributed by atoms with Crippen molar-refractivity contribution in [1.82, 2.24) is 20.1 Å². The van der Waals surface area contributed by atoms with Crippen LogP contribution in [0.5, 0.6) is 0 Å². The lowest BCUT2D eigenvalue weighted by Gasteiger charge is -2.28. The molecule has 0 bridgehead atoms. The molecule has 0 radical (unpaired) electrons. The highest BCUT2D eigenvalue weighted by molar-refractivity contribution is 5.83. The molecule has 0 spiro atoms. The fraction of sp³-hybridized carbons (Fsp3) is 0.333. The number of benzene rings is 1. The van der Waals surface area contributed by atoms with Crippen molar-refractivity contribution < 1.29 is 13.9 Å². The van der Waals surface area contributed by atoms with Gasteiger partial charge in [0.05, 0.1) is 18.1 Å². The SMILES string of the molecule is O=C([C@H]1OCCc2ccccc21)N1CC[C@@H](c2nnc(-c3cccnc3)o2)C1. The lowest BCUT2D eigenvalue weighted by atomic mass is 9.97. The number of likely N-dealkylation sites (tertiary alicyclic amines) is 1. The standard InChI is InChI=1S/C21H20N4O3/c26-21(18-17-6-2-1-4-14(17)8-11-27-18)25-10-7-16(13-25)20-24-23-19(28-20)15-5-3-9-22-12-15/h1-6,9,12,16,18H,7-8,10-11,13H2/t16-,18+/m1/s1. The number of aromatic nitrogens is 3. The Morgan fingerprint density at radius 3 is 2.96 bits per heavy atom. The zero-order valence-corrected chi connectivity index (χ0v) is 15.3. The van der Waals surface area contributed by atoms with Gasteiger partial charge in [-0.25, -0.2) is 0 Å². The first-order chi connectivity index (χ1) is 13.8. The number of nitrogens with zero attached hydrogens (tertiary/aromatic N) is 4. The van der Waals surface area contributed by atoms with E-state index in [1.807, 2.05) is 35.2 Å². The molecule has 7 heteroatoms. The van der Waals surface area contributed by atoms with Gasteiger partial charge in [0.2, 0.25) is 11.8 Å². The largest absolute Gasteiger partial charge is 0.420 e. The molecule has 3 aromatic rings. The summed E-state index contributed by atoms with van der Waals surface area (Å²) in [5.41, 5.74) is 2.97. The molecule has 2 aliphatic heterocycles. The molecule has 5 rings (SSSR count). The van der Waals surface area contributed by atoms with Crippen LogP contribution in [0.2, 0.25) is 0 Å². The monoisotopic (exact) mass is 376 g/mol. The summed E-state index contributed by atoms with van der Waals surface area (Å²) in [6.07, 6.45) is 4.53. The highest BCUT2D eigenvalue weighted by atomic mass is 16.5. The maximum absolute atomic E-state index is 13.1. The van der Waals surface area contributed by atoms with Gasteiger partial charge in [0.25, 0.3) is 5.91 Å². The lowest BCUT2D eigenvalue weighted by Crippen LogP contribution is -2.36. The highest BCUT2D eigenvalue weighted by Gasteiger charge is 2.36. The van der Waals surface area contributed by atoms with Crippen molar-refractivity contribution in [3.63, 3.8) is 0 Å². The normalized spacial score (nSPS) is 21.5. The maximum Gasteiger partial charge on any atom is 0.256 e. The summed E-state index contributed by atoms with van der Waals surface area (Å²) < 4.78 is 11.7. The van der Waals surface area contributed by atoms with E-state index in [1.165, 1.54) is 5.56 Å². The van der Waals surface area contributed by atoms with Crippen molar-refractivity contribution in [2.45, 2.75) is 24.9 Å². The zero-order chi connectivity index (χ0) is 18.9. The Labute approximate surface area is 162 Å². The number of fused-ring (bicyclic) bond motifs is 1. The van der Waals surface area contributed by atoms with Crippen molar-refractivity contribution in [2.24, 2.45) is 0 Å². The molecule has 2 aromatic heterocycles. The second-order valence-electron chi connectivity index (χ2n) is 7.16. The number of carbonyl (C=O) groups is 1. The third-order valence-corrected chi connectivity index (χ3v) is 5.42. The lowest BCUT2D eigenvalue weighted by molar-refractivity contribution is -0.144. The van der Waals surface area contributed by atoms with Gasteiger partial charge in [0.1, 0.15) is 0 Å². The van der Waals surface area contributed by atoms with E-state index in [2.05, 4.69) is 21.2 Å². The highest BCUT2D eigenvalue weighted by Crippen LogP contribution is 2.33. The molecule has 1 amide bonds. The van der Waals surface area contributed by atoms with Crippen molar-refractivity contribution in [3.05, 3.63) is 65.8 Å². The van der Waals surface area contributed by atoms with E-state index in [9.17, 15) is 4.79 Å². The molecule has 1 aromatic carbocycles. The summed E-state index contributed by atoms with van der Waals surface area (Å²) in [5.74, 6) is 1.08. The summed E-state index contributed by atoms with van der Waals surface area (Å²) in [5, 5.41) is 8.34. The van der Waals surface area contributed by atoms with Gasteiger partial charge in [-0.1, -0.05) is 24.3 Å². The van der Waals surface area contributed by atoms with E-state index in [4.69, 9.17) is 9.15 Å². The fourth-order valence-corrected chi connectivity index (χ4v) is 3.93. The minimum absolute atomic E-state index is 0.0154. The zero-order valence-electron chi connectivity index (χ0n) is 15.3. The van der Waals surface area contributed by atoms with Crippen LogP contribution >= 0.6 is 0 Å². The average Bonchev–Trinajstić information content (AvgIpc) is 3.43. The number of carbonyl (C=O) groups excluding carboxylic acids is 1. The first kappa shape index (κ1) is 17.1. The molecule has 1 fully saturated rings. The molecule has 1 saturated heterocycles. The molecule has 2 atom stereocenters. The number of rotatable bonds is 3. The third kappa shape index (κ3) is 3.07. The first-order valence-corrected chi connectivity index (χ1v) is 9.51. The Hall–Kier alpha value is -3.06. The summed E-state index contributed by atoms with van der Waals surface area (Å²) in [6.45, 7) is 1.80. The summed E-state index contributed by atoms with van der Waals surface area (Å²) >= 11 is 0.